The van der Waals surface area contributed by atoms with Crippen molar-refractivity contribution >= 4 is 0 Å². The molecule has 0 radical (unpaired) electrons. The smallest absolute Gasteiger partial charge is 0.0596 e. The molecule has 0 unspecified atom stereocenters. The van der Waals surface area contributed by atoms with E-state index in [2.05, 4.69) is 23.4 Å². The van der Waals surface area contributed by atoms with Gasteiger partial charge in [-0.3, -0.25) is 4.68 Å². The second-order valence-corrected chi connectivity index (χ2v) is 5.86. The third-order valence-electron chi connectivity index (χ3n) is 4.19. The largest absolute Gasteiger partial charge is 0.383 e. The average molecular weight is 281 g/mol. The monoisotopic (exact) mass is 281 g/mol. The van der Waals surface area contributed by atoms with E-state index in [4.69, 9.17) is 9.47 Å². The Morgan fingerprint density at radius 2 is 2.20 bits per heavy atom. The van der Waals surface area contributed by atoms with E-state index in [-0.39, 0.29) is 5.41 Å². The third-order valence-corrected chi connectivity index (χ3v) is 4.19. The van der Waals surface area contributed by atoms with E-state index >= 15 is 0 Å². The topological polar surface area (TPSA) is 48.3 Å². The number of methoxy groups -OCH3 is 1. The fraction of sp³-hybridized carbons (Fsp3) is 0.800. The summed E-state index contributed by atoms with van der Waals surface area (Å²) in [5.41, 5.74) is 2.70. The SMILES string of the molecule is COCCNCC1(Cc2cc(C)nn2C)CCOCC1. The summed E-state index contributed by atoms with van der Waals surface area (Å²) >= 11 is 0. The van der Waals surface area contributed by atoms with Gasteiger partial charge in [0, 0.05) is 46.2 Å². The van der Waals surface area contributed by atoms with Crippen LogP contribution in [0, 0.1) is 12.3 Å². The predicted molar refractivity (Wildman–Crippen MR) is 78.9 cm³/mol. The van der Waals surface area contributed by atoms with Gasteiger partial charge in [-0.05, 0) is 37.7 Å². The van der Waals surface area contributed by atoms with Crippen molar-refractivity contribution in [3.63, 3.8) is 0 Å². The number of hydrogen-bond donors (Lipinski definition) is 1. The summed E-state index contributed by atoms with van der Waals surface area (Å²) in [6.07, 6.45) is 3.28. The minimum absolute atomic E-state index is 0.284. The predicted octanol–water partition coefficient (Wildman–Crippen LogP) is 1.30. The minimum atomic E-state index is 0.284. The van der Waals surface area contributed by atoms with Crippen molar-refractivity contribution in [2.45, 2.75) is 26.2 Å². The van der Waals surface area contributed by atoms with E-state index in [1.54, 1.807) is 7.11 Å². The maximum Gasteiger partial charge on any atom is 0.0596 e. The molecular weight excluding hydrogens is 254 g/mol. The second-order valence-electron chi connectivity index (χ2n) is 5.86. The van der Waals surface area contributed by atoms with Crippen molar-refractivity contribution in [3.05, 3.63) is 17.5 Å². The van der Waals surface area contributed by atoms with Crippen LogP contribution in [0.4, 0.5) is 0 Å². The number of nitrogens with zero attached hydrogens (tertiary/aromatic N) is 2. The first-order valence-corrected chi connectivity index (χ1v) is 7.42. The zero-order valence-corrected chi connectivity index (χ0v) is 12.9. The van der Waals surface area contributed by atoms with Gasteiger partial charge in [-0.25, -0.2) is 0 Å². The van der Waals surface area contributed by atoms with Crippen molar-refractivity contribution in [3.8, 4) is 0 Å². The number of ether oxygens (including phenoxy) is 2. The molecule has 1 fully saturated rings. The highest BCUT2D eigenvalue weighted by Gasteiger charge is 2.33. The van der Waals surface area contributed by atoms with Crippen LogP contribution in [0.2, 0.25) is 0 Å². The molecule has 2 rings (SSSR count). The number of hydrogen-bond acceptors (Lipinski definition) is 4. The molecule has 1 aliphatic rings. The lowest BCUT2D eigenvalue weighted by molar-refractivity contribution is 0.0135. The summed E-state index contributed by atoms with van der Waals surface area (Å²) in [6.45, 7) is 6.47. The molecule has 5 heteroatoms. The lowest BCUT2D eigenvalue weighted by atomic mass is 9.76. The summed E-state index contributed by atoms with van der Waals surface area (Å²) in [4.78, 5) is 0. The Labute approximate surface area is 121 Å². The van der Waals surface area contributed by atoms with Gasteiger partial charge in [-0.2, -0.15) is 5.10 Å². The number of nitrogens with one attached hydrogen (secondary N) is 1. The standard InChI is InChI=1S/C15H27N3O2/c1-13-10-14(18(2)17-13)11-15(4-7-20-8-5-15)12-16-6-9-19-3/h10,16H,4-9,11-12H2,1-3H3. The van der Waals surface area contributed by atoms with E-state index in [0.717, 1.165) is 57.9 Å². The van der Waals surface area contributed by atoms with Gasteiger partial charge in [0.05, 0.1) is 12.3 Å². The molecule has 114 valence electrons. The van der Waals surface area contributed by atoms with Crippen LogP contribution >= 0.6 is 0 Å². The molecule has 5 nitrogen and oxygen atoms in total. The van der Waals surface area contributed by atoms with Crippen molar-refractivity contribution in [2.24, 2.45) is 12.5 Å². The lowest BCUT2D eigenvalue weighted by Crippen LogP contribution is -2.42. The Morgan fingerprint density at radius 3 is 2.80 bits per heavy atom. The van der Waals surface area contributed by atoms with Crippen LogP contribution < -0.4 is 5.32 Å². The molecule has 0 aromatic carbocycles. The molecule has 1 saturated heterocycles. The molecule has 1 aromatic rings. The molecule has 20 heavy (non-hydrogen) atoms. The van der Waals surface area contributed by atoms with Gasteiger partial charge in [0.15, 0.2) is 0 Å². The minimum Gasteiger partial charge on any atom is -0.383 e. The van der Waals surface area contributed by atoms with Crippen molar-refractivity contribution in [1.29, 1.82) is 0 Å². The molecule has 1 aliphatic heterocycles. The summed E-state index contributed by atoms with van der Waals surface area (Å²) < 4.78 is 12.7. The van der Waals surface area contributed by atoms with Gasteiger partial charge in [0.1, 0.15) is 0 Å². The highest BCUT2D eigenvalue weighted by atomic mass is 16.5. The Kier molecular flexibility index (Phi) is 5.57. The van der Waals surface area contributed by atoms with Gasteiger partial charge < -0.3 is 14.8 Å². The average Bonchev–Trinajstić information content (AvgIpc) is 2.74. The molecule has 2 heterocycles. The molecule has 0 amide bonds. The lowest BCUT2D eigenvalue weighted by Gasteiger charge is -2.37. The van der Waals surface area contributed by atoms with Crippen molar-refractivity contribution < 1.29 is 9.47 Å². The molecule has 0 saturated carbocycles. The van der Waals surface area contributed by atoms with E-state index in [1.165, 1.54) is 5.69 Å². The van der Waals surface area contributed by atoms with E-state index in [1.807, 2.05) is 11.7 Å². The highest BCUT2D eigenvalue weighted by Crippen LogP contribution is 2.33. The van der Waals surface area contributed by atoms with Gasteiger partial charge in [-0.15, -0.1) is 0 Å². The summed E-state index contributed by atoms with van der Waals surface area (Å²) in [5, 5.41) is 8.00. The third kappa shape index (κ3) is 4.04. The van der Waals surface area contributed by atoms with Crippen LogP contribution in [0.15, 0.2) is 6.07 Å². The number of aromatic nitrogens is 2. The fourth-order valence-electron chi connectivity index (χ4n) is 2.96. The highest BCUT2D eigenvalue weighted by molar-refractivity contribution is 5.11. The summed E-state index contributed by atoms with van der Waals surface area (Å²) in [5.74, 6) is 0. The van der Waals surface area contributed by atoms with E-state index < -0.39 is 0 Å². The molecule has 1 aromatic heterocycles. The van der Waals surface area contributed by atoms with Crippen LogP contribution in [0.25, 0.3) is 0 Å². The van der Waals surface area contributed by atoms with Crippen LogP contribution in [0.5, 0.6) is 0 Å². The zero-order chi connectivity index (χ0) is 14.4. The van der Waals surface area contributed by atoms with Crippen molar-refractivity contribution in [2.75, 3.05) is 40.0 Å². The van der Waals surface area contributed by atoms with E-state index in [0.29, 0.717) is 0 Å². The Morgan fingerprint density at radius 1 is 1.45 bits per heavy atom. The summed E-state index contributed by atoms with van der Waals surface area (Å²) in [7, 11) is 3.78. The maximum atomic E-state index is 5.55. The first-order chi connectivity index (χ1) is 9.65. The molecule has 0 spiro atoms. The van der Waals surface area contributed by atoms with Crippen LogP contribution in [-0.2, 0) is 22.9 Å². The molecule has 0 aliphatic carbocycles. The molecule has 0 atom stereocenters. The Balaban J connectivity index is 2.00. The number of rotatable bonds is 7. The van der Waals surface area contributed by atoms with Crippen LogP contribution in [0.3, 0.4) is 0 Å². The number of aryl methyl sites for hydroxylation is 2. The molecular formula is C15H27N3O2. The first kappa shape index (κ1) is 15.5. The van der Waals surface area contributed by atoms with Crippen LogP contribution in [0.1, 0.15) is 24.2 Å². The maximum absolute atomic E-state index is 5.55. The van der Waals surface area contributed by atoms with E-state index in [9.17, 15) is 0 Å². The van der Waals surface area contributed by atoms with Gasteiger partial charge in [0.25, 0.3) is 0 Å². The van der Waals surface area contributed by atoms with Gasteiger partial charge in [0.2, 0.25) is 0 Å². The Bertz CT molecular complexity index is 411. The first-order valence-electron chi connectivity index (χ1n) is 7.42. The molecule has 0 bridgehead atoms. The van der Waals surface area contributed by atoms with Gasteiger partial charge in [-0.1, -0.05) is 0 Å². The molecule has 1 N–H and O–H groups in total. The quantitative estimate of drug-likeness (QED) is 0.766. The summed E-state index contributed by atoms with van der Waals surface area (Å²) in [6, 6.07) is 2.20. The van der Waals surface area contributed by atoms with Crippen LogP contribution in [-0.4, -0.2) is 49.8 Å². The fourth-order valence-corrected chi connectivity index (χ4v) is 2.96. The zero-order valence-electron chi connectivity index (χ0n) is 12.9. The Hall–Kier alpha value is -0.910. The normalized spacial score (nSPS) is 18.4. The second kappa shape index (κ2) is 7.20. The van der Waals surface area contributed by atoms with Gasteiger partial charge >= 0.3 is 0 Å². The van der Waals surface area contributed by atoms with Crippen molar-refractivity contribution in [1.82, 2.24) is 15.1 Å².